The summed E-state index contributed by atoms with van der Waals surface area (Å²) in [5.41, 5.74) is 0. The van der Waals surface area contributed by atoms with Crippen LogP contribution < -0.4 is 0 Å². The van der Waals surface area contributed by atoms with Crippen molar-refractivity contribution in [3.8, 4) is 11.8 Å². The van der Waals surface area contributed by atoms with Gasteiger partial charge in [0, 0.05) is 12.8 Å². The summed E-state index contributed by atoms with van der Waals surface area (Å²) in [7, 11) is 0. The van der Waals surface area contributed by atoms with E-state index in [2.05, 4.69) is 18.8 Å². The van der Waals surface area contributed by atoms with E-state index in [0.717, 1.165) is 6.42 Å². The number of aliphatic hydroxyl groups excluding tert-OH is 1. The number of aliphatic hydroxyl groups is 1. The molecule has 0 aromatic carbocycles. The Balaban J connectivity index is 2.96. The van der Waals surface area contributed by atoms with Crippen LogP contribution in [-0.2, 0) is 0 Å². The smallest absolute Gasteiger partial charge is 0.0540 e. The first-order valence-electron chi connectivity index (χ1n) is 5.98. The van der Waals surface area contributed by atoms with E-state index in [4.69, 9.17) is 5.11 Å². The van der Waals surface area contributed by atoms with E-state index in [1.807, 2.05) is 0 Å². The number of unbranched alkanes of at least 4 members (excludes halogenated alkanes) is 7. The zero-order chi connectivity index (χ0) is 10.5. The minimum absolute atomic E-state index is 0.198. The zero-order valence-corrected chi connectivity index (χ0v) is 9.52. The van der Waals surface area contributed by atoms with Crippen LogP contribution in [0.1, 0.15) is 64.7 Å². The highest BCUT2D eigenvalue weighted by Gasteiger charge is 1.88. The lowest BCUT2D eigenvalue weighted by Gasteiger charge is -1.97. The Hall–Kier alpha value is -0.480. The fraction of sp³-hybridized carbons (Fsp3) is 0.846. The number of hydrogen-bond donors (Lipinski definition) is 1. The summed E-state index contributed by atoms with van der Waals surface area (Å²) in [5.74, 6) is 6.02. The van der Waals surface area contributed by atoms with E-state index >= 15 is 0 Å². The topological polar surface area (TPSA) is 20.2 Å². The molecule has 0 aliphatic rings. The predicted molar refractivity (Wildman–Crippen MR) is 62.1 cm³/mol. The molecule has 0 fully saturated rings. The van der Waals surface area contributed by atoms with E-state index in [1.54, 1.807) is 0 Å². The van der Waals surface area contributed by atoms with Crippen molar-refractivity contribution < 1.29 is 5.11 Å². The predicted octanol–water partition coefficient (Wildman–Crippen LogP) is 3.51. The van der Waals surface area contributed by atoms with Crippen LogP contribution in [0.15, 0.2) is 0 Å². The quantitative estimate of drug-likeness (QED) is 0.465. The molecule has 0 heterocycles. The lowest BCUT2D eigenvalue weighted by atomic mass is 10.1. The third-order valence-electron chi connectivity index (χ3n) is 2.27. The summed E-state index contributed by atoms with van der Waals surface area (Å²) in [4.78, 5) is 0. The van der Waals surface area contributed by atoms with Gasteiger partial charge in [0.15, 0.2) is 0 Å². The van der Waals surface area contributed by atoms with Gasteiger partial charge in [-0.3, -0.25) is 0 Å². The van der Waals surface area contributed by atoms with Crippen molar-refractivity contribution in [1.29, 1.82) is 0 Å². The normalized spacial score (nSPS) is 9.57. The first-order chi connectivity index (χ1) is 6.91. The van der Waals surface area contributed by atoms with Crippen molar-refractivity contribution >= 4 is 0 Å². The lowest BCUT2D eigenvalue weighted by molar-refractivity contribution is 0.305. The van der Waals surface area contributed by atoms with Crippen LogP contribution in [0.2, 0.25) is 0 Å². The second-order valence-electron chi connectivity index (χ2n) is 3.70. The van der Waals surface area contributed by atoms with Gasteiger partial charge in [-0.25, -0.2) is 0 Å². The Labute approximate surface area is 88.9 Å². The fourth-order valence-electron chi connectivity index (χ4n) is 1.40. The van der Waals surface area contributed by atoms with Crippen LogP contribution in [0, 0.1) is 11.8 Å². The summed E-state index contributed by atoms with van der Waals surface area (Å²) in [6, 6.07) is 0. The molecule has 1 heteroatoms. The van der Waals surface area contributed by atoms with Crippen molar-refractivity contribution in [2.45, 2.75) is 64.7 Å². The maximum Gasteiger partial charge on any atom is 0.0540 e. The van der Waals surface area contributed by atoms with Gasteiger partial charge in [-0.2, -0.15) is 0 Å². The molecule has 0 unspecified atom stereocenters. The average Bonchev–Trinajstić information content (AvgIpc) is 2.21. The van der Waals surface area contributed by atoms with Crippen molar-refractivity contribution in [1.82, 2.24) is 0 Å². The lowest BCUT2D eigenvalue weighted by Crippen LogP contribution is -1.79. The monoisotopic (exact) mass is 196 g/mol. The fourth-order valence-corrected chi connectivity index (χ4v) is 1.40. The van der Waals surface area contributed by atoms with Gasteiger partial charge in [0.25, 0.3) is 0 Å². The standard InChI is InChI=1S/C13H24O/c1-2-3-4-5-6-7-8-9-10-11-12-13-14/h14H,2-9,12-13H2,1H3. The molecule has 0 bridgehead atoms. The molecule has 0 spiro atoms. The first kappa shape index (κ1) is 13.5. The molecule has 1 nitrogen and oxygen atoms in total. The van der Waals surface area contributed by atoms with Gasteiger partial charge in [0.2, 0.25) is 0 Å². The Kier molecular flexibility index (Phi) is 12.1. The third kappa shape index (κ3) is 11.5. The molecule has 0 aromatic heterocycles. The molecule has 0 aromatic rings. The SMILES string of the molecule is CCCCCCCCCC#CCCO. The third-order valence-corrected chi connectivity index (χ3v) is 2.27. The largest absolute Gasteiger partial charge is 0.395 e. The second kappa shape index (κ2) is 12.5. The molecule has 0 saturated heterocycles. The molecule has 0 aliphatic carbocycles. The van der Waals surface area contributed by atoms with E-state index in [0.29, 0.717) is 6.42 Å². The average molecular weight is 196 g/mol. The second-order valence-corrected chi connectivity index (χ2v) is 3.70. The summed E-state index contributed by atoms with van der Waals surface area (Å²) < 4.78 is 0. The minimum atomic E-state index is 0.198. The molecule has 0 radical (unpaired) electrons. The number of hydrogen-bond acceptors (Lipinski definition) is 1. The summed E-state index contributed by atoms with van der Waals surface area (Å²) in [5, 5.41) is 8.49. The van der Waals surface area contributed by atoms with E-state index < -0.39 is 0 Å². The van der Waals surface area contributed by atoms with Crippen molar-refractivity contribution in [3.63, 3.8) is 0 Å². The minimum Gasteiger partial charge on any atom is -0.395 e. The van der Waals surface area contributed by atoms with Gasteiger partial charge >= 0.3 is 0 Å². The van der Waals surface area contributed by atoms with Crippen LogP contribution in [0.4, 0.5) is 0 Å². The molecule has 0 amide bonds. The van der Waals surface area contributed by atoms with Gasteiger partial charge in [-0.15, -0.1) is 11.8 Å². The zero-order valence-electron chi connectivity index (χ0n) is 9.52. The summed E-state index contributed by atoms with van der Waals surface area (Å²) in [6.07, 6.45) is 11.0. The Morgan fingerprint density at radius 1 is 0.786 bits per heavy atom. The van der Waals surface area contributed by atoms with Crippen LogP contribution >= 0.6 is 0 Å². The first-order valence-corrected chi connectivity index (χ1v) is 5.98. The van der Waals surface area contributed by atoms with E-state index in [9.17, 15) is 0 Å². The van der Waals surface area contributed by atoms with Crippen molar-refractivity contribution in [2.24, 2.45) is 0 Å². The maximum absolute atomic E-state index is 8.49. The molecule has 1 N–H and O–H groups in total. The molecule has 0 atom stereocenters. The van der Waals surface area contributed by atoms with Gasteiger partial charge in [-0.1, -0.05) is 45.4 Å². The Morgan fingerprint density at radius 2 is 1.36 bits per heavy atom. The molecular formula is C13H24O. The molecule has 0 rings (SSSR count). The van der Waals surface area contributed by atoms with Gasteiger partial charge in [-0.05, 0) is 6.42 Å². The van der Waals surface area contributed by atoms with Gasteiger partial charge < -0.3 is 5.11 Å². The number of rotatable bonds is 8. The van der Waals surface area contributed by atoms with Crippen LogP contribution in [-0.4, -0.2) is 11.7 Å². The van der Waals surface area contributed by atoms with Gasteiger partial charge in [0.1, 0.15) is 0 Å². The highest BCUT2D eigenvalue weighted by Crippen LogP contribution is 2.07. The van der Waals surface area contributed by atoms with Crippen molar-refractivity contribution in [3.05, 3.63) is 0 Å². The Bertz CT molecular complexity index is 152. The summed E-state index contributed by atoms with van der Waals surface area (Å²) in [6.45, 7) is 2.45. The molecule has 0 aliphatic heterocycles. The highest BCUT2D eigenvalue weighted by atomic mass is 16.2. The van der Waals surface area contributed by atoms with Crippen LogP contribution in [0.5, 0.6) is 0 Å². The molecular weight excluding hydrogens is 172 g/mol. The van der Waals surface area contributed by atoms with Crippen LogP contribution in [0.3, 0.4) is 0 Å². The van der Waals surface area contributed by atoms with E-state index in [-0.39, 0.29) is 6.61 Å². The highest BCUT2D eigenvalue weighted by molar-refractivity contribution is 4.98. The molecule has 14 heavy (non-hydrogen) atoms. The van der Waals surface area contributed by atoms with Gasteiger partial charge in [0.05, 0.1) is 6.61 Å². The maximum atomic E-state index is 8.49. The van der Waals surface area contributed by atoms with Crippen LogP contribution in [0.25, 0.3) is 0 Å². The summed E-state index contributed by atoms with van der Waals surface area (Å²) >= 11 is 0. The molecule has 82 valence electrons. The Morgan fingerprint density at radius 3 is 2.00 bits per heavy atom. The van der Waals surface area contributed by atoms with E-state index in [1.165, 1.54) is 44.9 Å². The van der Waals surface area contributed by atoms with Crippen molar-refractivity contribution in [2.75, 3.05) is 6.61 Å². The molecule has 0 saturated carbocycles.